The molecule has 0 fully saturated rings. The van der Waals surface area contributed by atoms with Crippen LogP contribution in [0.25, 0.3) is 16.9 Å². The van der Waals surface area contributed by atoms with Crippen LogP contribution in [0.5, 0.6) is 0 Å². The lowest BCUT2D eigenvalue weighted by molar-refractivity contribution is -0.137. The van der Waals surface area contributed by atoms with Crippen molar-refractivity contribution in [3.8, 4) is 16.9 Å². The second kappa shape index (κ2) is 7.36. The van der Waals surface area contributed by atoms with Gasteiger partial charge in [-0.05, 0) is 37.3 Å². The van der Waals surface area contributed by atoms with Crippen molar-refractivity contribution in [3.05, 3.63) is 60.2 Å². The Morgan fingerprint density at radius 1 is 1.14 bits per heavy atom. The summed E-state index contributed by atoms with van der Waals surface area (Å²) in [6.07, 6.45) is 4.91. The minimum atomic E-state index is -0.448. The molecule has 0 saturated heterocycles. The molecule has 3 aromatic rings. The number of aliphatic hydroxyl groups excluding tert-OH is 1. The predicted octanol–water partition coefficient (Wildman–Crippen LogP) is 1.24. The van der Waals surface area contributed by atoms with Crippen LogP contribution in [0.1, 0.15) is 5.69 Å². The maximum Gasteiger partial charge on any atom is 0.277 e. The lowest BCUT2D eigenvalue weighted by Gasteiger charge is -2.13. The maximum absolute atomic E-state index is 12.2. The number of hydrogen-bond donors (Lipinski definition) is 2. The number of amides is 2. The van der Waals surface area contributed by atoms with Gasteiger partial charge in [0, 0.05) is 36.3 Å². The molecule has 0 radical (unpaired) electrons. The number of benzene rings is 1. The first-order valence-electron chi connectivity index (χ1n) is 9.08. The number of hydrogen-bond acceptors (Lipinski definition) is 6. The summed E-state index contributed by atoms with van der Waals surface area (Å²) < 4.78 is 3.57. The van der Waals surface area contributed by atoms with E-state index in [-0.39, 0.29) is 18.8 Å². The van der Waals surface area contributed by atoms with E-state index in [0.717, 1.165) is 27.5 Å². The highest BCUT2D eigenvalue weighted by Gasteiger charge is 2.30. The smallest absolute Gasteiger partial charge is 0.277 e. The number of β-amino-alcohol motifs (C(OH)–C–C–N with tert-alkyl or cyclic N) is 1. The van der Waals surface area contributed by atoms with Crippen molar-refractivity contribution in [2.45, 2.75) is 6.92 Å². The number of carbonyl (C=O) groups is 2. The first kappa shape index (κ1) is 18.6. The molecule has 9 heteroatoms. The first-order valence-corrected chi connectivity index (χ1v) is 9.08. The summed E-state index contributed by atoms with van der Waals surface area (Å²) in [6.45, 7) is 1.71. The van der Waals surface area contributed by atoms with Gasteiger partial charge in [-0.2, -0.15) is 10.2 Å². The van der Waals surface area contributed by atoms with Gasteiger partial charge in [0.1, 0.15) is 5.70 Å². The highest BCUT2D eigenvalue weighted by Crippen LogP contribution is 2.23. The second-order valence-electron chi connectivity index (χ2n) is 6.66. The van der Waals surface area contributed by atoms with Gasteiger partial charge >= 0.3 is 0 Å². The van der Waals surface area contributed by atoms with Gasteiger partial charge in [0.2, 0.25) is 0 Å². The van der Waals surface area contributed by atoms with Crippen LogP contribution in [0.2, 0.25) is 0 Å². The number of nitrogens with one attached hydrogen (secondary N) is 1. The molecular formula is C20H20N6O3. The fourth-order valence-electron chi connectivity index (χ4n) is 3.12. The largest absolute Gasteiger partial charge is 0.395 e. The summed E-state index contributed by atoms with van der Waals surface area (Å²) in [5, 5.41) is 20.8. The summed E-state index contributed by atoms with van der Waals surface area (Å²) in [7, 11) is 1.89. The third kappa shape index (κ3) is 3.43. The van der Waals surface area contributed by atoms with E-state index in [4.69, 9.17) is 5.11 Å². The molecule has 1 aromatic carbocycles. The number of aliphatic hydroxyl groups is 1. The number of imide groups is 1. The molecule has 148 valence electrons. The zero-order chi connectivity index (χ0) is 20.5. The number of aromatic nitrogens is 4. The van der Waals surface area contributed by atoms with Gasteiger partial charge in [-0.15, -0.1) is 0 Å². The third-order valence-electron chi connectivity index (χ3n) is 4.84. The number of rotatable bonds is 6. The Labute approximate surface area is 166 Å². The van der Waals surface area contributed by atoms with E-state index in [9.17, 15) is 9.59 Å². The minimum Gasteiger partial charge on any atom is -0.395 e. The Bertz CT molecular complexity index is 1110. The number of aryl methyl sites for hydroxylation is 1. The second-order valence-corrected chi connectivity index (χ2v) is 6.66. The van der Waals surface area contributed by atoms with E-state index < -0.39 is 11.8 Å². The van der Waals surface area contributed by atoms with Crippen LogP contribution in [0, 0.1) is 6.92 Å². The molecule has 9 nitrogen and oxygen atoms in total. The molecule has 4 rings (SSSR count). The summed E-state index contributed by atoms with van der Waals surface area (Å²) in [4.78, 5) is 25.0. The molecule has 0 spiro atoms. The van der Waals surface area contributed by atoms with Gasteiger partial charge < -0.3 is 10.4 Å². The number of anilines is 1. The molecule has 0 saturated carbocycles. The normalized spacial score (nSPS) is 13.9. The SMILES string of the molecule is Cc1c(-c2ccn(-c3ccc(NC4=CC(=O)N(CCO)C4=O)cc3)n2)cnn1C. The van der Waals surface area contributed by atoms with Crippen molar-refractivity contribution in [1.29, 1.82) is 0 Å². The standard InChI is InChI=1S/C20H20N6O3/c1-13-16(12-21-24(13)2)17-7-8-26(23-17)15-5-3-14(4-6-15)22-18-11-19(28)25(9-10-27)20(18)29/h3-8,11-12,22,27H,9-10H2,1-2H3. The van der Waals surface area contributed by atoms with Crippen molar-refractivity contribution < 1.29 is 14.7 Å². The average Bonchev–Trinajstić information content (AvgIpc) is 3.39. The van der Waals surface area contributed by atoms with Crippen molar-refractivity contribution in [2.75, 3.05) is 18.5 Å². The molecule has 1 aliphatic heterocycles. The highest BCUT2D eigenvalue weighted by atomic mass is 16.3. The number of nitrogens with zero attached hydrogens (tertiary/aromatic N) is 5. The molecule has 0 aliphatic carbocycles. The van der Waals surface area contributed by atoms with Crippen LogP contribution >= 0.6 is 0 Å². The molecule has 0 atom stereocenters. The highest BCUT2D eigenvalue weighted by molar-refractivity contribution is 6.17. The van der Waals surface area contributed by atoms with Gasteiger partial charge in [0.05, 0.1) is 30.7 Å². The minimum absolute atomic E-state index is 0.0175. The lowest BCUT2D eigenvalue weighted by Crippen LogP contribution is -2.34. The Morgan fingerprint density at radius 3 is 2.55 bits per heavy atom. The van der Waals surface area contributed by atoms with Crippen molar-refractivity contribution in [2.24, 2.45) is 7.05 Å². The van der Waals surface area contributed by atoms with Gasteiger partial charge in [0.15, 0.2) is 0 Å². The van der Waals surface area contributed by atoms with Crippen LogP contribution in [0.3, 0.4) is 0 Å². The Kier molecular flexibility index (Phi) is 4.73. The topological polar surface area (TPSA) is 105 Å². The quantitative estimate of drug-likeness (QED) is 0.612. The average molecular weight is 392 g/mol. The molecule has 3 heterocycles. The molecule has 1 aliphatic rings. The van der Waals surface area contributed by atoms with Crippen LogP contribution in [-0.4, -0.2) is 54.5 Å². The van der Waals surface area contributed by atoms with Crippen molar-refractivity contribution in [3.63, 3.8) is 0 Å². The van der Waals surface area contributed by atoms with Gasteiger partial charge in [0.25, 0.3) is 11.8 Å². The van der Waals surface area contributed by atoms with Crippen LogP contribution < -0.4 is 5.32 Å². The van der Waals surface area contributed by atoms with Crippen molar-refractivity contribution >= 4 is 17.5 Å². The van der Waals surface area contributed by atoms with E-state index in [1.807, 2.05) is 38.4 Å². The molecule has 2 N–H and O–H groups in total. The summed E-state index contributed by atoms with van der Waals surface area (Å²) in [5.41, 5.74) is 4.56. The van der Waals surface area contributed by atoms with Gasteiger partial charge in [-0.1, -0.05) is 0 Å². The number of carbonyl (C=O) groups excluding carboxylic acids is 2. The molecule has 0 bridgehead atoms. The monoisotopic (exact) mass is 392 g/mol. The fraction of sp³-hybridized carbons (Fsp3) is 0.200. The first-order chi connectivity index (χ1) is 14.0. The molecule has 0 unspecified atom stereocenters. The molecule has 2 aromatic heterocycles. The summed E-state index contributed by atoms with van der Waals surface area (Å²) in [6, 6.07) is 9.27. The molecular weight excluding hydrogens is 372 g/mol. The van der Waals surface area contributed by atoms with E-state index in [0.29, 0.717) is 5.69 Å². The van der Waals surface area contributed by atoms with E-state index in [1.165, 1.54) is 6.08 Å². The van der Waals surface area contributed by atoms with Gasteiger partial charge in [-0.3, -0.25) is 19.2 Å². The van der Waals surface area contributed by atoms with Crippen molar-refractivity contribution in [1.82, 2.24) is 24.5 Å². The predicted molar refractivity (Wildman–Crippen MR) is 106 cm³/mol. The Balaban J connectivity index is 1.49. The summed E-state index contributed by atoms with van der Waals surface area (Å²) >= 11 is 0. The maximum atomic E-state index is 12.2. The lowest BCUT2D eigenvalue weighted by atomic mass is 10.2. The zero-order valence-electron chi connectivity index (χ0n) is 16.0. The van der Waals surface area contributed by atoms with Crippen LogP contribution in [-0.2, 0) is 16.6 Å². The van der Waals surface area contributed by atoms with Gasteiger partial charge in [-0.25, -0.2) is 4.68 Å². The summed E-state index contributed by atoms with van der Waals surface area (Å²) in [5.74, 6) is -0.880. The fourth-order valence-corrected chi connectivity index (χ4v) is 3.12. The van der Waals surface area contributed by atoms with E-state index in [2.05, 4.69) is 15.5 Å². The van der Waals surface area contributed by atoms with Crippen LogP contribution in [0.15, 0.2) is 54.5 Å². The van der Waals surface area contributed by atoms with E-state index in [1.54, 1.807) is 27.7 Å². The Morgan fingerprint density at radius 2 is 1.90 bits per heavy atom. The van der Waals surface area contributed by atoms with Crippen LogP contribution in [0.4, 0.5) is 5.69 Å². The van der Waals surface area contributed by atoms with E-state index >= 15 is 0 Å². The zero-order valence-corrected chi connectivity index (χ0v) is 16.0. The Hall–Kier alpha value is -3.72. The molecule has 2 amide bonds. The third-order valence-corrected chi connectivity index (χ3v) is 4.84. The molecule has 29 heavy (non-hydrogen) atoms.